The zero-order valence-electron chi connectivity index (χ0n) is 22.5. The van der Waals surface area contributed by atoms with Crippen molar-refractivity contribution in [1.29, 1.82) is 0 Å². The molecule has 0 spiro atoms. The van der Waals surface area contributed by atoms with Crippen LogP contribution in [0.4, 0.5) is 5.69 Å². The van der Waals surface area contributed by atoms with Gasteiger partial charge in [0.25, 0.3) is 0 Å². The van der Waals surface area contributed by atoms with Gasteiger partial charge in [-0.15, -0.1) is 0 Å². The predicted octanol–water partition coefficient (Wildman–Crippen LogP) is 5.13. The molecule has 210 valence electrons. The molecule has 0 aliphatic rings. The first-order valence-corrected chi connectivity index (χ1v) is 15.1. The van der Waals surface area contributed by atoms with E-state index in [1.165, 1.54) is 12.1 Å². The molecule has 1 atom stereocenters. The van der Waals surface area contributed by atoms with Gasteiger partial charge >= 0.3 is 0 Å². The Morgan fingerprint density at radius 1 is 1.11 bits per heavy atom. The number of halogens is 2. The quantitative estimate of drug-likeness (QED) is 0.331. The second-order valence-corrected chi connectivity index (χ2v) is 12.2. The molecule has 0 radical (unpaired) electrons. The van der Waals surface area contributed by atoms with Gasteiger partial charge in [0, 0.05) is 31.1 Å². The van der Waals surface area contributed by atoms with Crippen molar-refractivity contribution in [1.82, 2.24) is 10.2 Å². The first kappa shape index (κ1) is 31.7. The van der Waals surface area contributed by atoms with Crippen LogP contribution in [-0.2, 0) is 26.2 Å². The number of sulfonamides is 1. The van der Waals surface area contributed by atoms with E-state index in [4.69, 9.17) is 27.9 Å². The van der Waals surface area contributed by atoms with Crippen molar-refractivity contribution < 1.29 is 22.7 Å². The number of carbonyl (C=O) groups is 2. The first-order valence-electron chi connectivity index (χ1n) is 12.5. The van der Waals surface area contributed by atoms with E-state index in [-0.39, 0.29) is 54.4 Å². The van der Waals surface area contributed by atoms with Gasteiger partial charge in [0.05, 0.1) is 24.1 Å². The number of nitrogens with one attached hydrogen (secondary N) is 1. The monoisotopic (exact) mass is 585 g/mol. The molecular formula is C27H37Cl2N3O5S. The Labute approximate surface area is 236 Å². The molecule has 2 amide bonds. The molecule has 0 aliphatic carbocycles. The van der Waals surface area contributed by atoms with Crippen LogP contribution in [0.5, 0.6) is 5.75 Å². The minimum absolute atomic E-state index is 0.0218. The molecule has 0 saturated carbocycles. The van der Waals surface area contributed by atoms with Crippen molar-refractivity contribution in [2.45, 2.75) is 52.6 Å². The highest BCUT2D eigenvalue weighted by molar-refractivity contribution is 7.92. The van der Waals surface area contributed by atoms with Crippen molar-refractivity contribution in [3.05, 3.63) is 58.1 Å². The predicted molar refractivity (Wildman–Crippen MR) is 153 cm³/mol. The van der Waals surface area contributed by atoms with Crippen LogP contribution in [0, 0.1) is 5.92 Å². The minimum atomic E-state index is -3.69. The summed E-state index contributed by atoms with van der Waals surface area (Å²) in [5.74, 6) is 0.430. The van der Waals surface area contributed by atoms with Gasteiger partial charge in [-0.2, -0.15) is 0 Å². The molecule has 2 rings (SSSR count). The summed E-state index contributed by atoms with van der Waals surface area (Å²) in [7, 11) is -2.13. The average Bonchev–Trinajstić information content (AvgIpc) is 2.86. The fourth-order valence-corrected chi connectivity index (χ4v) is 5.37. The van der Waals surface area contributed by atoms with Gasteiger partial charge in [0.1, 0.15) is 11.8 Å². The Bertz CT molecular complexity index is 1210. The summed E-state index contributed by atoms with van der Waals surface area (Å²) in [5.41, 5.74) is 1.07. The Morgan fingerprint density at radius 2 is 1.82 bits per heavy atom. The molecule has 1 N–H and O–H groups in total. The van der Waals surface area contributed by atoms with E-state index < -0.39 is 16.1 Å². The van der Waals surface area contributed by atoms with Crippen LogP contribution in [-0.4, -0.2) is 57.6 Å². The Balaban J connectivity index is 2.26. The number of rotatable bonds is 14. The van der Waals surface area contributed by atoms with E-state index in [1.54, 1.807) is 18.1 Å². The van der Waals surface area contributed by atoms with Crippen molar-refractivity contribution in [3.8, 4) is 5.75 Å². The summed E-state index contributed by atoms with van der Waals surface area (Å²) in [5, 5.41) is 3.51. The lowest BCUT2D eigenvalue weighted by Gasteiger charge is -2.31. The van der Waals surface area contributed by atoms with Gasteiger partial charge in [-0.1, -0.05) is 56.1 Å². The average molecular weight is 587 g/mol. The summed E-state index contributed by atoms with van der Waals surface area (Å²) >= 11 is 12.3. The summed E-state index contributed by atoms with van der Waals surface area (Å²) in [6.45, 7) is 6.59. The number of hydrogen-bond donors (Lipinski definition) is 1. The summed E-state index contributed by atoms with van der Waals surface area (Å²) in [4.78, 5) is 28.2. The standard InChI is InChI=1S/C27H37Cl2N3O5S/c1-6-24(27(34)30-17-19(2)3)31(18-20-9-7-10-22(15-20)37-4)26(33)11-8-14-32(38(5,35)36)25-16-21(28)12-13-23(25)29/h7,9-10,12-13,15-16,19,24H,6,8,11,14,17-18H2,1-5H3,(H,30,34). The van der Waals surface area contributed by atoms with Gasteiger partial charge < -0.3 is 15.0 Å². The molecule has 0 bridgehead atoms. The van der Waals surface area contributed by atoms with E-state index in [0.717, 1.165) is 16.1 Å². The number of methoxy groups -OCH3 is 1. The van der Waals surface area contributed by atoms with Crippen LogP contribution >= 0.6 is 23.2 Å². The third kappa shape index (κ3) is 9.36. The maximum Gasteiger partial charge on any atom is 0.242 e. The number of ether oxygens (including phenoxy) is 1. The lowest BCUT2D eigenvalue weighted by Crippen LogP contribution is -2.49. The Hall–Kier alpha value is -2.49. The molecule has 0 saturated heterocycles. The van der Waals surface area contributed by atoms with E-state index in [9.17, 15) is 18.0 Å². The van der Waals surface area contributed by atoms with E-state index in [0.29, 0.717) is 23.7 Å². The number of nitrogens with zero attached hydrogens (tertiary/aromatic N) is 2. The zero-order chi connectivity index (χ0) is 28.5. The molecule has 0 heterocycles. The molecule has 8 nitrogen and oxygen atoms in total. The first-order chi connectivity index (χ1) is 17.9. The summed E-state index contributed by atoms with van der Waals surface area (Å²) < 4.78 is 31.5. The molecule has 2 aromatic carbocycles. The number of anilines is 1. The highest BCUT2D eigenvalue weighted by Crippen LogP contribution is 2.31. The minimum Gasteiger partial charge on any atom is -0.497 e. The second kappa shape index (κ2) is 14.6. The van der Waals surface area contributed by atoms with Gasteiger partial charge in [0.2, 0.25) is 21.8 Å². The van der Waals surface area contributed by atoms with Crippen LogP contribution in [0.15, 0.2) is 42.5 Å². The molecule has 0 aromatic heterocycles. The molecular weight excluding hydrogens is 549 g/mol. The largest absolute Gasteiger partial charge is 0.497 e. The molecule has 38 heavy (non-hydrogen) atoms. The third-order valence-electron chi connectivity index (χ3n) is 5.89. The van der Waals surface area contributed by atoms with Crippen molar-refractivity contribution in [2.24, 2.45) is 5.92 Å². The normalized spacial score (nSPS) is 12.2. The lowest BCUT2D eigenvalue weighted by molar-refractivity contribution is -0.141. The van der Waals surface area contributed by atoms with Crippen molar-refractivity contribution >= 4 is 50.7 Å². The molecule has 0 fully saturated rings. The van der Waals surface area contributed by atoms with E-state index >= 15 is 0 Å². The number of hydrogen-bond acceptors (Lipinski definition) is 5. The topological polar surface area (TPSA) is 96.0 Å². The number of amides is 2. The van der Waals surface area contributed by atoms with Gasteiger partial charge in [0.15, 0.2) is 0 Å². The number of benzene rings is 2. The maximum atomic E-state index is 13.5. The van der Waals surface area contributed by atoms with Crippen LogP contribution in [0.2, 0.25) is 10.0 Å². The van der Waals surface area contributed by atoms with Crippen LogP contribution in [0.25, 0.3) is 0 Å². The fraction of sp³-hybridized carbons (Fsp3) is 0.481. The Morgan fingerprint density at radius 3 is 2.42 bits per heavy atom. The van der Waals surface area contributed by atoms with Crippen LogP contribution in [0.3, 0.4) is 0 Å². The third-order valence-corrected chi connectivity index (χ3v) is 7.62. The Kier molecular flexibility index (Phi) is 12.2. The zero-order valence-corrected chi connectivity index (χ0v) is 24.9. The van der Waals surface area contributed by atoms with Crippen molar-refractivity contribution in [2.75, 3.05) is 30.8 Å². The van der Waals surface area contributed by atoms with Crippen LogP contribution in [0.1, 0.15) is 45.6 Å². The van der Waals surface area contributed by atoms with Gasteiger partial charge in [-0.05, 0) is 54.7 Å². The highest BCUT2D eigenvalue weighted by Gasteiger charge is 2.29. The van der Waals surface area contributed by atoms with Gasteiger partial charge in [-0.25, -0.2) is 8.42 Å². The SMILES string of the molecule is CCC(C(=O)NCC(C)C)N(Cc1cccc(OC)c1)C(=O)CCCN(c1cc(Cl)ccc1Cl)S(C)(=O)=O. The van der Waals surface area contributed by atoms with Crippen LogP contribution < -0.4 is 14.4 Å². The molecule has 1 unspecified atom stereocenters. The number of carbonyl (C=O) groups excluding carboxylic acids is 2. The lowest BCUT2D eigenvalue weighted by atomic mass is 10.1. The highest BCUT2D eigenvalue weighted by atomic mass is 35.5. The fourth-order valence-electron chi connectivity index (χ4n) is 3.97. The smallest absolute Gasteiger partial charge is 0.242 e. The van der Waals surface area contributed by atoms with Gasteiger partial charge in [-0.3, -0.25) is 13.9 Å². The molecule has 0 aliphatic heterocycles. The summed E-state index contributed by atoms with van der Waals surface area (Å²) in [6.07, 6.45) is 1.75. The van der Waals surface area contributed by atoms with Crippen molar-refractivity contribution in [3.63, 3.8) is 0 Å². The van der Waals surface area contributed by atoms with E-state index in [2.05, 4.69) is 5.32 Å². The molecule has 2 aromatic rings. The maximum absolute atomic E-state index is 13.5. The summed E-state index contributed by atoms with van der Waals surface area (Å²) in [6, 6.07) is 11.2. The molecule has 11 heteroatoms. The second-order valence-electron chi connectivity index (χ2n) is 9.47. The van der Waals surface area contributed by atoms with E-state index in [1.807, 2.05) is 45.0 Å².